The summed E-state index contributed by atoms with van der Waals surface area (Å²) in [6.45, 7) is 10.9. The minimum Gasteiger partial charge on any atom is -0.370 e. The van der Waals surface area contributed by atoms with Gasteiger partial charge in [0, 0.05) is 12.2 Å². The van der Waals surface area contributed by atoms with Gasteiger partial charge < -0.3 is 16.0 Å². The van der Waals surface area contributed by atoms with Crippen molar-refractivity contribution in [3.05, 3.63) is 29.3 Å². The molecule has 0 amide bonds. The summed E-state index contributed by atoms with van der Waals surface area (Å²) in [5.41, 5.74) is 9.45. The van der Waals surface area contributed by atoms with E-state index in [-0.39, 0.29) is 24.0 Å². The Bertz CT molecular complexity index is 487. The second-order valence-electron chi connectivity index (χ2n) is 6.65. The van der Waals surface area contributed by atoms with E-state index >= 15 is 0 Å². The van der Waals surface area contributed by atoms with Gasteiger partial charge in [-0.25, -0.2) is 0 Å². The lowest BCUT2D eigenvalue weighted by Gasteiger charge is -2.29. The Labute approximate surface area is 157 Å². The van der Waals surface area contributed by atoms with Gasteiger partial charge in [0.1, 0.15) is 0 Å². The minimum absolute atomic E-state index is 0. The van der Waals surface area contributed by atoms with Crippen LogP contribution < -0.4 is 11.1 Å². The van der Waals surface area contributed by atoms with E-state index in [2.05, 4.69) is 54.2 Å². The smallest absolute Gasteiger partial charge is 0.193 e. The Hall–Kier alpha value is -0.820. The third-order valence-electron chi connectivity index (χ3n) is 4.28. The van der Waals surface area contributed by atoms with Gasteiger partial charge in [0.25, 0.3) is 0 Å². The zero-order chi connectivity index (χ0) is 15.9. The van der Waals surface area contributed by atoms with Crippen LogP contribution in [0.1, 0.15) is 37.3 Å². The number of piperidine rings is 1. The average Bonchev–Trinajstić information content (AvgIpc) is 2.44. The maximum atomic E-state index is 5.97. The van der Waals surface area contributed by atoms with Crippen molar-refractivity contribution in [3.8, 4) is 0 Å². The molecule has 3 N–H and O–H groups in total. The number of aryl methyl sites for hydroxylation is 2. The van der Waals surface area contributed by atoms with E-state index in [1.54, 1.807) is 0 Å². The fourth-order valence-electron chi connectivity index (χ4n) is 3.01. The Morgan fingerprint density at radius 1 is 1.22 bits per heavy atom. The highest BCUT2D eigenvalue weighted by Crippen LogP contribution is 2.16. The van der Waals surface area contributed by atoms with E-state index in [1.165, 1.54) is 37.1 Å². The van der Waals surface area contributed by atoms with E-state index in [4.69, 9.17) is 5.73 Å². The van der Waals surface area contributed by atoms with Crippen LogP contribution in [-0.4, -0.2) is 37.0 Å². The molecular weight excluding hydrogens is 399 g/mol. The minimum atomic E-state index is 0. The van der Waals surface area contributed by atoms with Crippen molar-refractivity contribution >= 4 is 35.6 Å². The molecule has 0 bridgehead atoms. The lowest BCUT2D eigenvalue weighted by molar-refractivity contribution is 0.192. The third kappa shape index (κ3) is 7.52. The summed E-state index contributed by atoms with van der Waals surface area (Å²) in [7, 11) is 0. The highest BCUT2D eigenvalue weighted by atomic mass is 127. The summed E-state index contributed by atoms with van der Waals surface area (Å²) >= 11 is 0. The standard InChI is InChI=1S/C18H30N4.HI/c1-14-5-9-22(10-6-14)8-4-7-20-18(19)21-17-12-15(2)11-16(3)13-17;/h11-14H,4-10H2,1-3H3,(H3,19,20,21);1H. The van der Waals surface area contributed by atoms with Gasteiger partial charge in [0.15, 0.2) is 5.96 Å². The van der Waals surface area contributed by atoms with E-state index in [0.29, 0.717) is 5.96 Å². The van der Waals surface area contributed by atoms with Gasteiger partial charge in [-0.3, -0.25) is 4.99 Å². The van der Waals surface area contributed by atoms with Crippen molar-refractivity contribution in [3.63, 3.8) is 0 Å². The molecule has 1 aliphatic heterocycles. The molecule has 1 saturated heterocycles. The van der Waals surface area contributed by atoms with E-state index in [1.807, 2.05) is 0 Å². The number of halogens is 1. The predicted octanol–water partition coefficient (Wildman–Crippen LogP) is 3.77. The highest BCUT2D eigenvalue weighted by Gasteiger charge is 2.14. The molecule has 0 aromatic heterocycles. The van der Waals surface area contributed by atoms with Gasteiger partial charge in [0.05, 0.1) is 0 Å². The molecule has 130 valence electrons. The lowest BCUT2D eigenvalue weighted by Crippen LogP contribution is -2.34. The van der Waals surface area contributed by atoms with E-state index in [9.17, 15) is 0 Å². The molecular formula is C18H31IN4. The van der Waals surface area contributed by atoms with Gasteiger partial charge in [-0.2, -0.15) is 0 Å². The summed E-state index contributed by atoms with van der Waals surface area (Å²) < 4.78 is 0. The molecule has 1 fully saturated rings. The zero-order valence-electron chi connectivity index (χ0n) is 14.6. The first-order chi connectivity index (χ1) is 10.5. The monoisotopic (exact) mass is 430 g/mol. The summed E-state index contributed by atoms with van der Waals surface area (Å²) in [5.74, 6) is 1.41. The predicted molar refractivity (Wildman–Crippen MR) is 111 cm³/mol. The quantitative estimate of drug-likeness (QED) is 0.324. The first-order valence-corrected chi connectivity index (χ1v) is 8.40. The Kier molecular flexibility index (Phi) is 8.91. The van der Waals surface area contributed by atoms with Crippen molar-refractivity contribution in [1.29, 1.82) is 0 Å². The van der Waals surface area contributed by atoms with Crippen LogP contribution in [0.2, 0.25) is 0 Å². The molecule has 1 aromatic rings. The first-order valence-electron chi connectivity index (χ1n) is 8.40. The first kappa shape index (κ1) is 20.2. The van der Waals surface area contributed by atoms with Gasteiger partial charge in [-0.15, -0.1) is 24.0 Å². The van der Waals surface area contributed by atoms with Crippen molar-refractivity contribution < 1.29 is 0 Å². The molecule has 0 aliphatic carbocycles. The highest BCUT2D eigenvalue weighted by molar-refractivity contribution is 14.0. The van der Waals surface area contributed by atoms with Crippen molar-refractivity contribution in [2.45, 2.75) is 40.0 Å². The number of hydrogen-bond donors (Lipinski definition) is 2. The molecule has 0 saturated carbocycles. The van der Waals surface area contributed by atoms with Gasteiger partial charge in [0.2, 0.25) is 0 Å². The van der Waals surface area contributed by atoms with Crippen LogP contribution in [0.25, 0.3) is 0 Å². The van der Waals surface area contributed by atoms with E-state index < -0.39 is 0 Å². The SMILES string of the molecule is Cc1cc(C)cc(NC(N)=NCCCN2CCC(C)CC2)c1.I. The second kappa shape index (κ2) is 10.1. The lowest BCUT2D eigenvalue weighted by atomic mass is 9.99. The Morgan fingerprint density at radius 2 is 1.83 bits per heavy atom. The van der Waals surface area contributed by atoms with Crippen LogP contribution in [0.4, 0.5) is 5.69 Å². The molecule has 4 nitrogen and oxygen atoms in total. The van der Waals surface area contributed by atoms with Crippen LogP contribution in [0.15, 0.2) is 23.2 Å². The fraction of sp³-hybridized carbons (Fsp3) is 0.611. The summed E-state index contributed by atoms with van der Waals surface area (Å²) in [6, 6.07) is 6.33. The summed E-state index contributed by atoms with van der Waals surface area (Å²) in [4.78, 5) is 6.98. The number of guanidine groups is 1. The molecule has 1 heterocycles. The maximum Gasteiger partial charge on any atom is 0.193 e. The molecule has 0 atom stereocenters. The largest absolute Gasteiger partial charge is 0.370 e. The number of nitrogens with two attached hydrogens (primary N) is 1. The van der Waals surface area contributed by atoms with Gasteiger partial charge in [-0.05, 0) is 81.9 Å². The van der Waals surface area contributed by atoms with Crippen molar-refractivity contribution in [2.75, 3.05) is 31.5 Å². The van der Waals surface area contributed by atoms with Gasteiger partial charge >= 0.3 is 0 Å². The van der Waals surface area contributed by atoms with Crippen LogP contribution in [-0.2, 0) is 0 Å². The maximum absolute atomic E-state index is 5.97. The third-order valence-corrected chi connectivity index (χ3v) is 4.28. The van der Waals surface area contributed by atoms with Crippen LogP contribution in [0.3, 0.4) is 0 Å². The van der Waals surface area contributed by atoms with Crippen LogP contribution in [0, 0.1) is 19.8 Å². The zero-order valence-corrected chi connectivity index (χ0v) is 17.0. The Morgan fingerprint density at radius 3 is 2.43 bits per heavy atom. The summed E-state index contributed by atoms with van der Waals surface area (Å²) in [5, 5.41) is 3.18. The molecule has 23 heavy (non-hydrogen) atoms. The number of hydrogen-bond acceptors (Lipinski definition) is 2. The number of anilines is 1. The molecule has 0 radical (unpaired) electrons. The molecule has 0 unspecified atom stereocenters. The normalized spacial score (nSPS) is 16.9. The van der Waals surface area contributed by atoms with E-state index in [0.717, 1.165) is 31.1 Å². The number of aliphatic imine (C=N–C) groups is 1. The molecule has 0 spiro atoms. The average molecular weight is 430 g/mol. The molecule has 5 heteroatoms. The number of likely N-dealkylation sites (tertiary alicyclic amines) is 1. The van der Waals surface area contributed by atoms with Crippen LogP contribution in [0.5, 0.6) is 0 Å². The second-order valence-corrected chi connectivity index (χ2v) is 6.65. The number of benzene rings is 1. The number of nitrogens with zero attached hydrogens (tertiary/aromatic N) is 2. The Balaban J connectivity index is 0.00000264. The molecule has 1 aromatic carbocycles. The fourth-order valence-corrected chi connectivity index (χ4v) is 3.01. The van der Waals surface area contributed by atoms with Gasteiger partial charge in [-0.1, -0.05) is 13.0 Å². The van der Waals surface area contributed by atoms with Crippen LogP contribution >= 0.6 is 24.0 Å². The molecule has 2 rings (SSSR count). The summed E-state index contributed by atoms with van der Waals surface area (Å²) in [6.07, 6.45) is 3.74. The topological polar surface area (TPSA) is 53.6 Å². The number of rotatable bonds is 5. The molecule has 1 aliphatic rings. The van der Waals surface area contributed by atoms with Crippen molar-refractivity contribution in [1.82, 2.24) is 4.90 Å². The van der Waals surface area contributed by atoms with Crippen molar-refractivity contribution in [2.24, 2.45) is 16.6 Å². The number of nitrogens with one attached hydrogen (secondary N) is 1.